The standard InChI is InChI=1S/C22H26N2O2S/c1-22(2,24-13-15-25-16-14-24)21(19-9-11-20(27-3)12-10-19)23-26-17-18-7-5-4-6-8-18/h4-13,15H,14,16-17H2,1-3H3/b23-21-. The number of rotatable bonds is 7. The van der Waals surface area contributed by atoms with Crippen LogP contribution in [0.2, 0.25) is 0 Å². The van der Waals surface area contributed by atoms with Crippen LogP contribution >= 0.6 is 11.8 Å². The van der Waals surface area contributed by atoms with Gasteiger partial charge in [-0.3, -0.25) is 0 Å². The molecule has 0 amide bonds. The van der Waals surface area contributed by atoms with Crippen LogP contribution in [0.1, 0.15) is 25.0 Å². The Morgan fingerprint density at radius 1 is 1.15 bits per heavy atom. The Hall–Kier alpha value is -2.40. The van der Waals surface area contributed by atoms with Crippen LogP contribution in [0.25, 0.3) is 0 Å². The molecule has 5 heteroatoms. The fourth-order valence-corrected chi connectivity index (χ4v) is 3.43. The van der Waals surface area contributed by atoms with E-state index in [1.54, 1.807) is 18.0 Å². The summed E-state index contributed by atoms with van der Waals surface area (Å²) in [4.78, 5) is 9.24. The maximum Gasteiger partial charge on any atom is 0.142 e. The minimum Gasteiger partial charge on any atom is -0.498 e. The van der Waals surface area contributed by atoms with Gasteiger partial charge in [0.15, 0.2) is 0 Å². The van der Waals surface area contributed by atoms with E-state index < -0.39 is 0 Å². The first kappa shape index (κ1) is 19.4. The SMILES string of the molecule is CSc1ccc(/C(=N/OCc2ccccc2)C(C)(C)N2C=COCC2)cc1. The van der Waals surface area contributed by atoms with Crippen LogP contribution in [0.3, 0.4) is 0 Å². The van der Waals surface area contributed by atoms with E-state index in [9.17, 15) is 0 Å². The van der Waals surface area contributed by atoms with E-state index in [1.807, 2.05) is 36.5 Å². The minimum atomic E-state index is -0.335. The van der Waals surface area contributed by atoms with E-state index in [4.69, 9.17) is 9.57 Å². The predicted molar refractivity (Wildman–Crippen MR) is 112 cm³/mol. The molecule has 1 aliphatic rings. The zero-order valence-electron chi connectivity index (χ0n) is 16.1. The van der Waals surface area contributed by atoms with Crippen molar-refractivity contribution in [2.45, 2.75) is 30.9 Å². The molecule has 27 heavy (non-hydrogen) atoms. The zero-order valence-corrected chi connectivity index (χ0v) is 16.9. The highest BCUT2D eigenvalue weighted by Gasteiger charge is 2.33. The van der Waals surface area contributed by atoms with E-state index in [0.29, 0.717) is 13.2 Å². The molecule has 0 saturated heterocycles. The quantitative estimate of drug-likeness (QED) is 0.387. The Kier molecular flexibility index (Phi) is 6.45. The van der Waals surface area contributed by atoms with Crippen molar-refractivity contribution in [2.75, 3.05) is 19.4 Å². The molecule has 0 unspecified atom stereocenters. The first-order chi connectivity index (χ1) is 13.1. The summed E-state index contributed by atoms with van der Waals surface area (Å²) in [6.45, 7) is 6.25. The predicted octanol–water partition coefficient (Wildman–Crippen LogP) is 4.91. The lowest BCUT2D eigenvalue weighted by Crippen LogP contribution is -2.49. The summed E-state index contributed by atoms with van der Waals surface area (Å²) in [5.41, 5.74) is 2.73. The second-order valence-corrected chi connectivity index (χ2v) is 7.72. The van der Waals surface area contributed by atoms with Crippen molar-refractivity contribution < 1.29 is 9.57 Å². The molecular weight excluding hydrogens is 356 g/mol. The molecule has 3 rings (SSSR count). The molecular formula is C22H26N2O2S. The average Bonchev–Trinajstić information content (AvgIpc) is 2.73. The highest BCUT2D eigenvalue weighted by Crippen LogP contribution is 2.25. The molecule has 0 radical (unpaired) electrons. The van der Waals surface area contributed by atoms with E-state index in [2.05, 4.69) is 54.4 Å². The minimum absolute atomic E-state index is 0.335. The van der Waals surface area contributed by atoms with Gasteiger partial charge in [0.1, 0.15) is 18.9 Å². The van der Waals surface area contributed by atoms with Crippen LogP contribution in [-0.4, -0.2) is 35.6 Å². The largest absolute Gasteiger partial charge is 0.498 e. The lowest BCUT2D eigenvalue weighted by Gasteiger charge is -2.39. The van der Waals surface area contributed by atoms with Gasteiger partial charge in [0.25, 0.3) is 0 Å². The Bertz CT molecular complexity index is 786. The smallest absolute Gasteiger partial charge is 0.142 e. The average molecular weight is 383 g/mol. The van der Waals surface area contributed by atoms with Crippen molar-refractivity contribution in [3.05, 3.63) is 78.2 Å². The van der Waals surface area contributed by atoms with Gasteiger partial charge in [-0.25, -0.2) is 0 Å². The van der Waals surface area contributed by atoms with Crippen LogP contribution in [-0.2, 0) is 16.2 Å². The molecule has 4 nitrogen and oxygen atoms in total. The molecule has 0 aromatic heterocycles. The summed E-state index contributed by atoms with van der Waals surface area (Å²) in [5.74, 6) is 0. The van der Waals surface area contributed by atoms with Crippen LogP contribution in [0, 0.1) is 0 Å². The zero-order chi connectivity index (χ0) is 19.1. The van der Waals surface area contributed by atoms with Crippen LogP contribution in [0.4, 0.5) is 0 Å². The number of oxime groups is 1. The lowest BCUT2D eigenvalue weighted by molar-refractivity contribution is 0.114. The van der Waals surface area contributed by atoms with Gasteiger partial charge >= 0.3 is 0 Å². The molecule has 0 N–H and O–H groups in total. The van der Waals surface area contributed by atoms with Gasteiger partial charge in [-0.2, -0.15) is 0 Å². The van der Waals surface area contributed by atoms with Crippen LogP contribution in [0.5, 0.6) is 0 Å². The highest BCUT2D eigenvalue weighted by molar-refractivity contribution is 7.98. The number of thioether (sulfide) groups is 1. The third-order valence-corrected chi connectivity index (χ3v) is 5.42. The number of hydrogen-bond donors (Lipinski definition) is 0. The monoisotopic (exact) mass is 382 g/mol. The summed E-state index contributed by atoms with van der Waals surface area (Å²) < 4.78 is 5.35. The summed E-state index contributed by atoms with van der Waals surface area (Å²) in [6.07, 6.45) is 5.80. The van der Waals surface area contributed by atoms with E-state index in [1.165, 1.54) is 4.90 Å². The Labute approximate surface area is 165 Å². The summed E-state index contributed by atoms with van der Waals surface area (Å²) >= 11 is 1.73. The summed E-state index contributed by atoms with van der Waals surface area (Å²) in [5, 5.41) is 4.59. The van der Waals surface area contributed by atoms with Gasteiger partial charge in [0, 0.05) is 16.7 Å². The van der Waals surface area contributed by atoms with Gasteiger partial charge in [-0.05, 0) is 37.8 Å². The van der Waals surface area contributed by atoms with E-state index in [0.717, 1.165) is 23.4 Å². The van der Waals surface area contributed by atoms with Crippen molar-refractivity contribution in [1.82, 2.24) is 4.90 Å². The molecule has 0 atom stereocenters. The van der Waals surface area contributed by atoms with Crippen molar-refractivity contribution in [1.29, 1.82) is 0 Å². The normalized spacial score (nSPS) is 14.8. The van der Waals surface area contributed by atoms with Gasteiger partial charge in [-0.1, -0.05) is 47.6 Å². The molecule has 2 aromatic rings. The molecule has 0 bridgehead atoms. The molecule has 1 heterocycles. The van der Waals surface area contributed by atoms with Gasteiger partial charge < -0.3 is 14.5 Å². The molecule has 0 fully saturated rings. The fraction of sp³-hybridized carbons (Fsp3) is 0.318. The van der Waals surface area contributed by atoms with E-state index >= 15 is 0 Å². The second-order valence-electron chi connectivity index (χ2n) is 6.84. The molecule has 0 saturated carbocycles. The summed E-state index contributed by atoms with van der Waals surface area (Å²) in [6, 6.07) is 18.6. The molecule has 0 spiro atoms. The first-order valence-corrected chi connectivity index (χ1v) is 10.3. The van der Waals surface area contributed by atoms with Crippen molar-refractivity contribution in [3.63, 3.8) is 0 Å². The van der Waals surface area contributed by atoms with Crippen molar-refractivity contribution in [2.24, 2.45) is 5.16 Å². The molecule has 142 valence electrons. The maximum absolute atomic E-state index is 5.77. The Morgan fingerprint density at radius 2 is 1.89 bits per heavy atom. The first-order valence-electron chi connectivity index (χ1n) is 9.05. The number of nitrogens with zero attached hydrogens (tertiary/aromatic N) is 2. The number of ether oxygens (including phenoxy) is 1. The van der Waals surface area contributed by atoms with Crippen molar-refractivity contribution in [3.8, 4) is 0 Å². The third-order valence-electron chi connectivity index (χ3n) is 4.68. The van der Waals surface area contributed by atoms with Gasteiger partial charge in [0.2, 0.25) is 0 Å². The van der Waals surface area contributed by atoms with Crippen molar-refractivity contribution >= 4 is 17.5 Å². The van der Waals surface area contributed by atoms with E-state index in [-0.39, 0.29) is 5.54 Å². The van der Waals surface area contributed by atoms with Gasteiger partial charge in [0.05, 0.1) is 18.3 Å². The second kappa shape index (κ2) is 9.00. The van der Waals surface area contributed by atoms with Gasteiger partial charge in [-0.15, -0.1) is 11.8 Å². The number of hydrogen-bond acceptors (Lipinski definition) is 5. The number of benzene rings is 2. The Balaban J connectivity index is 1.88. The van der Waals surface area contributed by atoms with Crippen LogP contribution < -0.4 is 0 Å². The fourth-order valence-electron chi connectivity index (χ4n) is 3.02. The summed E-state index contributed by atoms with van der Waals surface area (Å²) in [7, 11) is 0. The lowest BCUT2D eigenvalue weighted by atomic mass is 9.90. The Morgan fingerprint density at radius 3 is 2.52 bits per heavy atom. The molecule has 0 aliphatic carbocycles. The molecule has 2 aromatic carbocycles. The highest BCUT2D eigenvalue weighted by atomic mass is 32.2. The third kappa shape index (κ3) is 4.86. The van der Waals surface area contributed by atoms with Crippen LogP contribution in [0.15, 0.2) is 77.1 Å². The maximum atomic E-state index is 5.77. The topological polar surface area (TPSA) is 34.1 Å². The molecule has 1 aliphatic heterocycles.